The minimum Gasteiger partial charge on any atom is -0.467 e. The van der Waals surface area contributed by atoms with Crippen molar-refractivity contribution >= 4 is 28.3 Å². The van der Waals surface area contributed by atoms with Crippen molar-refractivity contribution in [2.75, 3.05) is 10.6 Å². The van der Waals surface area contributed by atoms with E-state index in [0.717, 1.165) is 16.7 Å². The lowest BCUT2D eigenvalue weighted by Crippen LogP contribution is -2.15. The molecule has 0 unspecified atom stereocenters. The van der Waals surface area contributed by atoms with Crippen LogP contribution >= 0.6 is 0 Å². The van der Waals surface area contributed by atoms with Gasteiger partial charge in [0.1, 0.15) is 11.6 Å². The maximum atomic E-state index is 12.4. The monoisotopic (exact) mass is 345 g/mol. The molecule has 0 bridgehead atoms. The molecular weight excluding hydrogens is 330 g/mol. The number of carbonyl (C=O) groups excluding carboxylic acids is 1. The van der Waals surface area contributed by atoms with Crippen molar-refractivity contribution in [2.45, 2.75) is 6.54 Å². The summed E-state index contributed by atoms with van der Waals surface area (Å²) in [5.74, 6) is 1.01. The van der Waals surface area contributed by atoms with Crippen LogP contribution in [0.1, 0.15) is 16.2 Å². The Kier molecular flexibility index (Phi) is 4.26. The van der Waals surface area contributed by atoms with E-state index in [2.05, 4.69) is 25.8 Å². The van der Waals surface area contributed by atoms with Crippen molar-refractivity contribution in [3.8, 4) is 0 Å². The lowest BCUT2D eigenvalue weighted by molar-refractivity contribution is 0.102. The van der Waals surface area contributed by atoms with Crippen molar-refractivity contribution in [3.63, 3.8) is 0 Å². The van der Waals surface area contributed by atoms with E-state index in [9.17, 15) is 4.79 Å². The zero-order valence-electron chi connectivity index (χ0n) is 13.7. The highest BCUT2D eigenvalue weighted by molar-refractivity contribution is 6.07. The van der Waals surface area contributed by atoms with Crippen LogP contribution in [0.5, 0.6) is 0 Å². The molecule has 128 valence electrons. The molecule has 0 spiro atoms. The first-order valence-corrected chi connectivity index (χ1v) is 8.05. The first-order chi connectivity index (χ1) is 12.8. The van der Waals surface area contributed by atoms with E-state index in [-0.39, 0.29) is 11.6 Å². The molecule has 4 rings (SSSR count). The molecular formula is C19H15N5O2. The summed E-state index contributed by atoms with van der Waals surface area (Å²) in [6, 6.07) is 16.4. The number of hydrogen-bond acceptors (Lipinski definition) is 6. The average molecular weight is 345 g/mol. The zero-order valence-corrected chi connectivity index (χ0v) is 13.7. The number of aromatic nitrogens is 3. The Morgan fingerprint density at radius 2 is 1.92 bits per heavy atom. The standard InChI is InChI=1S/C19H15N5O2/c25-19(22-15-7-1-4-13-5-2-10-20-18(13)15)16-8-9-17(24-23-16)21-12-14-6-3-11-26-14/h1-11H,12H2,(H,21,24)(H,22,25). The van der Waals surface area contributed by atoms with E-state index in [1.807, 2.05) is 36.4 Å². The Hall–Kier alpha value is -3.74. The molecule has 26 heavy (non-hydrogen) atoms. The van der Waals surface area contributed by atoms with E-state index in [1.54, 1.807) is 30.7 Å². The van der Waals surface area contributed by atoms with Gasteiger partial charge in [-0.25, -0.2) is 0 Å². The van der Waals surface area contributed by atoms with Gasteiger partial charge in [-0.1, -0.05) is 18.2 Å². The van der Waals surface area contributed by atoms with Crippen LogP contribution in [0.25, 0.3) is 10.9 Å². The Labute approximate surface area is 149 Å². The zero-order chi connectivity index (χ0) is 17.8. The highest BCUT2D eigenvalue weighted by Gasteiger charge is 2.11. The summed E-state index contributed by atoms with van der Waals surface area (Å²) in [5, 5.41) is 14.9. The second kappa shape index (κ2) is 7.02. The van der Waals surface area contributed by atoms with E-state index in [1.165, 1.54) is 0 Å². The summed E-state index contributed by atoms with van der Waals surface area (Å²) in [7, 11) is 0. The molecule has 0 aliphatic heterocycles. The molecule has 0 aliphatic rings. The number of nitrogens with zero attached hydrogens (tertiary/aromatic N) is 3. The molecule has 0 saturated heterocycles. The number of benzene rings is 1. The summed E-state index contributed by atoms with van der Waals surface area (Å²) in [6.07, 6.45) is 3.30. The van der Waals surface area contributed by atoms with E-state index in [0.29, 0.717) is 18.1 Å². The van der Waals surface area contributed by atoms with Gasteiger partial charge in [0, 0.05) is 11.6 Å². The Bertz CT molecular complexity index is 1020. The lowest BCUT2D eigenvalue weighted by atomic mass is 10.2. The third kappa shape index (κ3) is 3.36. The maximum absolute atomic E-state index is 12.4. The smallest absolute Gasteiger partial charge is 0.276 e. The maximum Gasteiger partial charge on any atom is 0.276 e. The van der Waals surface area contributed by atoms with Gasteiger partial charge in [-0.2, -0.15) is 0 Å². The van der Waals surface area contributed by atoms with Crippen molar-refractivity contribution in [2.24, 2.45) is 0 Å². The molecule has 1 amide bonds. The molecule has 7 nitrogen and oxygen atoms in total. The number of carbonyl (C=O) groups is 1. The molecule has 0 saturated carbocycles. The fourth-order valence-electron chi connectivity index (χ4n) is 2.53. The van der Waals surface area contributed by atoms with Gasteiger partial charge in [-0.05, 0) is 36.4 Å². The van der Waals surface area contributed by atoms with Crippen molar-refractivity contribution in [1.82, 2.24) is 15.2 Å². The highest BCUT2D eigenvalue weighted by atomic mass is 16.3. The largest absolute Gasteiger partial charge is 0.467 e. The molecule has 1 aromatic carbocycles. The summed E-state index contributed by atoms with van der Waals surface area (Å²) in [4.78, 5) is 16.8. The number of para-hydroxylation sites is 1. The quantitative estimate of drug-likeness (QED) is 0.575. The van der Waals surface area contributed by atoms with Crippen LogP contribution in [-0.4, -0.2) is 21.1 Å². The molecule has 0 fully saturated rings. The van der Waals surface area contributed by atoms with Crippen molar-refractivity contribution < 1.29 is 9.21 Å². The van der Waals surface area contributed by atoms with Gasteiger partial charge in [0.2, 0.25) is 0 Å². The number of furan rings is 1. The number of amides is 1. The molecule has 4 aromatic rings. The van der Waals surface area contributed by atoms with Gasteiger partial charge in [-0.15, -0.1) is 10.2 Å². The van der Waals surface area contributed by atoms with Gasteiger partial charge < -0.3 is 15.1 Å². The Morgan fingerprint density at radius 1 is 1.00 bits per heavy atom. The summed E-state index contributed by atoms with van der Waals surface area (Å²) >= 11 is 0. The fourth-order valence-corrected chi connectivity index (χ4v) is 2.53. The molecule has 0 radical (unpaired) electrons. The van der Waals surface area contributed by atoms with Crippen molar-refractivity contribution in [1.29, 1.82) is 0 Å². The lowest BCUT2D eigenvalue weighted by Gasteiger charge is -2.08. The van der Waals surface area contributed by atoms with E-state index in [4.69, 9.17) is 4.42 Å². The molecule has 3 heterocycles. The van der Waals surface area contributed by atoms with E-state index < -0.39 is 0 Å². The number of hydrogen-bond donors (Lipinski definition) is 2. The number of nitrogens with one attached hydrogen (secondary N) is 2. The number of fused-ring (bicyclic) bond motifs is 1. The fraction of sp³-hybridized carbons (Fsp3) is 0.0526. The predicted octanol–water partition coefficient (Wildman–Crippen LogP) is 3.48. The van der Waals surface area contributed by atoms with Crippen LogP contribution in [0.4, 0.5) is 11.5 Å². The number of pyridine rings is 1. The van der Waals surface area contributed by atoms with Crippen LogP contribution in [0.15, 0.2) is 71.5 Å². The van der Waals surface area contributed by atoms with Gasteiger partial charge in [0.05, 0.1) is 24.0 Å². The second-order valence-electron chi connectivity index (χ2n) is 5.57. The van der Waals surface area contributed by atoms with Crippen LogP contribution < -0.4 is 10.6 Å². The predicted molar refractivity (Wildman–Crippen MR) is 97.8 cm³/mol. The molecule has 0 aliphatic carbocycles. The highest BCUT2D eigenvalue weighted by Crippen LogP contribution is 2.21. The van der Waals surface area contributed by atoms with Crippen LogP contribution in [-0.2, 0) is 6.54 Å². The third-order valence-electron chi connectivity index (χ3n) is 3.80. The normalized spacial score (nSPS) is 10.6. The van der Waals surface area contributed by atoms with Crippen LogP contribution in [0.2, 0.25) is 0 Å². The Balaban J connectivity index is 1.46. The van der Waals surface area contributed by atoms with Crippen LogP contribution in [0.3, 0.4) is 0 Å². The Morgan fingerprint density at radius 3 is 2.73 bits per heavy atom. The molecule has 2 N–H and O–H groups in total. The van der Waals surface area contributed by atoms with Crippen molar-refractivity contribution in [3.05, 3.63) is 78.5 Å². The molecule has 7 heteroatoms. The first-order valence-electron chi connectivity index (χ1n) is 8.05. The summed E-state index contributed by atoms with van der Waals surface area (Å²) in [5.41, 5.74) is 1.59. The molecule has 0 atom stereocenters. The summed E-state index contributed by atoms with van der Waals surface area (Å²) < 4.78 is 5.24. The van der Waals surface area contributed by atoms with E-state index >= 15 is 0 Å². The minimum atomic E-state index is -0.340. The van der Waals surface area contributed by atoms with Gasteiger partial charge in [0.15, 0.2) is 5.69 Å². The SMILES string of the molecule is O=C(Nc1cccc2cccnc12)c1ccc(NCc2ccco2)nn1. The van der Waals surface area contributed by atoms with Gasteiger partial charge in [-0.3, -0.25) is 9.78 Å². The van der Waals surface area contributed by atoms with Gasteiger partial charge in [0.25, 0.3) is 5.91 Å². The third-order valence-corrected chi connectivity index (χ3v) is 3.80. The second-order valence-corrected chi connectivity index (χ2v) is 5.57. The van der Waals surface area contributed by atoms with Gasteiger partial charge >= 0.3 is 0 Å². The average Bonchev–Trinajstić information content (AvgIpc) is 3.21. The summed E-state index contributed by atoms with van der Waals surface area (Å²) in [6.45, 7) is 0.495. The number of anilines is 2. The minimum absolute atomic E-state index is 0.224. The topological polar surface area (TPSA) is 92.9 Å². The first kappa shape index (κ1) is 15.8. The van der Waals surface area contributed by atoms with Crippen LogP contribution in [0, 0.1) is 0 Å². The molecule has 3 aromatic heterocycles. The number of rotatable bonds is 5.